The van der Waals surface area contributed by atoms with E-state index >= 15 is 0 Å². The number of unbranched alkanes of at least 4 members (excludes halogenated alkanes) is 3. The molecule has 0 bridgehead atoms. The second-order valence-corrected chi connectivity index (χ2v) is 6.03. The van der Waals surface area contributed by atoms with Crippen LogP contribution >= 0.6 is 15.9 Å². The van der Waals surface area contributed by atoms with Crippen LogP contribution in [0.1, 0.15) is 42.7 Å². The monoisotopic (exact) mass is 335 g/mol. The summed E-state index contributed by atoms with van der Waals surface area (Å²) in [6, 6.07) is 8.32. The summed E-state index contributed by atoms with van der Waals surface area (Å²) in [4.78, 5) is 4.65. The molecule has 0 saturated heterocycles. The van der Waals surface area contributed by atoms with E-state index < -0.39 is 0 Å². The molecule has 0 spiro atoms. The molecule has 1 aromatic heterocycles. The molecule has 0 unspecified atom stereocenters. The number of hydrogen-bond acceptors (Lipinski definition) is 2. The molecule has 0 aliphatic heterocycles. The highest BCUT2D eigenvalue weighted by molar-refractivity contribution is 9.09. The minimum absolute atomic E-state index is 0.748. The lowest BCUT2D eigenvalue weighted by atomic mass is 10.1. The van der Waals surface area contributed by atoms with Gasteiger partial charge < -0.3 is 4.42 Å². The van der Waals surface area contributed by atoms with Gasteiger partial charge in [-0.25, -0.2) is 4.98 Å². The summed E-state index contributed by atoms with van der Waals surface area (Å²) >= 11 is 3.46. The minimum atomic E-state index is 0.748. The smallest absolute Gasteiger partial charge is 0.226 e. The van der Waals surface area contributed by atoms with Gasteiger partial charge in [-0.15, -0.1) is 0 Å². The zero-order chi connectivity index (χ0) is 14.4. The first-order valence-corrected chi connectivity index (χ1v) is 8.42. The van der Waals surface area contributed by atoms with Gasteiger partial charge in [0.1, 0.15) is 5.76 Å². The summed E-state index contributed by atoms with van der Waals surface area (Å²) in [5.41, 5.74) is 3.42. The van der Waals surface area contributed by atoms with Gasteiger partial charge in [-0.2, -0.15) is 0 Å². The summed E-state index contributed by atoms with van der Waals surface area (Å²) in [6.45, 7) is 4.10. The predicted octanol–water partition coefficient (Wildman–Crippen LogP) is 5.46. The Morgan fingerprint density at radius 2 is 1.70 bits per heavy atom. The van der Waals surface area contributed by atoms with Gasteiger partial charge in [0.25, 0.3) is 0 Å². The van der Waals surface area contributed by atoms with Crippen molar-refractivity contribution in [2.45, 2.75) is 46.0 Å². The summed E-state index contributed by atoms with van der Waals surface area (Å²) in [5.74, 6) is 1.71. The molecule has 108 valence electrons. The van der Waals surface area contributed by atoms with Crippen LogP contribution in [0.25, 0.3) is 11.5 Å². The van der Waals surface area contributed by atoms with Crippen molar-refractivity contribution in [3.05, 3.63) is 41.3 Å². The zero-order valence-corrected chi connectivity index (χ0v) is 13.9. The van der Waals surface area contributed by atoms with E-state index in [2.05, 4.69) is 52.1 Å². The van der Waals surface area contributed by atoms with E-state index in [4.69, 9.17) is 4.42 Å². The topological polar surface area (TPSA) is 26.0 Å². The Morgan fingerprint density at radius 1 is 1.00 bits per heavy atom. The van der Waals surface area contributed by atoms with Crippen LogP contribution in [0.15, 0.2) is 28.7 Å². The second kappa shape index (κ2) is 7.63. The molecule has 3 heteroatoms. The first-order chi connectivity index (χ1) is 9.70. The number of nitrogens with zero attached hydrogens (tertiary/aromatic N) is 1. The lowest BCUT2D eigenvalue weighted by molar-refractivity contribution is 0.537. The van der Waals surface area contributed by atoms with Crippen molar-refractivity contribution in [2.24, 2.45) is 0 Å². The molecule has 0 aliphatic carbocycles. The Kier molecular flexibility index (Phi) is 5.84. The molecule has 0 radical (unpaired) electrons. The van der Waals surface area contributed by atoms with Gasteiger partial charge in [-0.3, -0.25) is 0 Å². The van der Waals surface area contributed by atoms with Gasteiger partial charge in [0.05, 0.1) is 5.69 Å². The molecule has 2 aromatic rings. The Balaban J connectivity index is 1.97. The highest BCUT2D eigenvalue weighted by atomic mass is 79.9. The number of aromatic nitrogens is 1. The standard InChI is InChI=1S/C17H22BrNO/c1-13-8-10-15(11-9-13)17-19-16(14(2)20-17)7-5-3-4-6-12-18/h8-11H,3-7,12H2,1-2H3. The van der Waals surface area contributed by atoms with E-state index in [0.29, 0.717) is 0 Å². The lowest BCUT2D eigenvalue weighted by Crippen LogP contribution is -1.89. The quantitative estimate of drug-likeness (QED) is 0.496. The molecule has 1 aromatic carbocycles. The number of aryl methyl sites for hydroxylation is 3. The maximum absolute atomic E-state index is 5.80. The fourth-order valence-electron chi connectivity index (χ4n) is 2.22. The number of benzene rings is 1. The lowest BCUT2D eigenvalue weighted by Gasteiger charge is -1.98. The average Bonchev–Trinajstić information content (AvgIpc) is 2.81. The third kappa shape index (κ3) is 4.20. The van der Waals surface area contributed by atoms with E-state index in [-0.39, 0.29) is 0 Å². The van der Waals surface area contributed by atoms with E-state index in [9.17, 15) is 0 Å². The van der Waals surface area contributed by atoms with E-state index in [1.165, 1.54) is 31.2 Å². The maximum Gasteiger partial charge on any atom is 0.226 e. The van der Waals surface area contributed by atoms with Gasteiger partial charge >= 0.3 is 0 Å². The van der Waals surface area contributed by atoms with Gasteiger partial charge in [-0.1, -0.05) is 46.5 Å². The Morgan fingerprint density at radius 3 is 2.40 bits per heavy atom. The first-order valence-electron chi connectivity index (χ1n) is 7.30. The molecule has 2 rings (SSSR count). The van der Waals surface area contributed by atoms with E-state index in [1.807, 2.05) is 6.92 Å². The second-order valence-electron chi connectivity index (χ2n) is 5.24. The van der Waals surface area contributed by atoms with E-state index in [0.717, 1.165) is 34.7 Å². The van der Waals surface area contributed by atoms with Crippen LogP contribution in [0.3, 0.4) is 0 Å². The summed E-state index contributed by atoms with van der Waals surface area (Å²) in [7, 11) is 0. The van der Waals surface area contributed by atoms with Crippen molar-refractivity contribution in [3.8, 4) is 11.5 Å². The third-order valence-electron chi connectivity index (χ3n) is 3.49. The van der Waals surface area contributed by atoms with Crippen LogP contribution in [0, 0.1) is 13.8 Å². The number of alkyl halides is 1. The summed E-state index contributed by atoms with van der Waals surface area (Å²) in [6.07, 6.45) is 6.01. The largest absolute Gasteiger partial charge is 0.441 e. The van der Waals surface area contributed by atoms with Crippen molar-refractivity contribution >= 4 is 15.9 Å². The fraction of sp³-hybridized carbons (Fsp3) is 0.471. The molecule has 1 heterocycles. The van der Waals surface area contributed by atoms with Crippen LogP contribution in [-0.2, 0) is 6.42 Å². The molecular weight excluding hydrogens is 314 g/mol. The van der Waals surface area contributed by atoms with Crippen LogP contribution in [0.4, 0.5) is 0 Å². The highest BCUT2D eigenvalue weighted by Crippen LogP contribution is 2.23. The van der Waals surface area contributed by atoms with Crippen molar-refractivity contribution in [2.75, 3.05) is 5.33 Å². The van der Waals surface area contributed by atoms with Crippen LogP contribution < -0.4 is 0 Å². The molecule has 0 N–H and O–H groups in total. The van der Waals surface area contributed by atoms with Gasteiger partial charge in [0.2, 0.25) is 5.89 Å². The third-order valence-corrected chi connectivity index (χ3v) is 4.05. The van der Waals surface area contributed by atoms with E-state index in [1.54, 1.807) is 0 Å². The number of halogens is 1. The maximum atomic E-state index is 5.80. The van der Waals surface area contributed by atoms with Gasteiger partial charge in [-0.05, 0) is 45.2 Å². The Labute approximate surface area is 129 Å². The van der Waals surface area contributed by atoms with Crippen molar-refractivity contribution in [3.63, 3.8) is 0 Å². The molecule has 0 saturated carbocycles. The molecule has 0 aliphatic rings. The Bertz CT molecular complexity index is 530. The predicted molar refractivity (Wildman–Crippen MR) is 87.4 cm³/mol. The number of rotatable bonds is 7. The Hall–Kier alpha value is -1.09. The molecule has 0 atom stereocenters. The minimum Gasteiger partial charge on any atom is -0.441 e. The van der Waals surface area contributed by atoms with Crippen molar-refractivity contribution < 1.29 is 4.42 Å². The summed E-state index contributed by atoms with van der Waals surface area (Å²) in [5, 5.41) is 1.10. The fourth-order valence-corrected chi connectivity index (χ4v) is 2.62. The zero-order valence-electron chi connectivity index (χ0n) is 12.3. The molecule has 0 amide bonds. The van der Waals surface area contributed by atoms with Crippen molar-refractivity contribution in [1.29, 1.82) is 0 Å². The first kappa shape index (κ1) is 15.3. The van der Waals surface area contributed by atoms with Gasteiger partial charge in [0, 0.05) is 10.9 Å². The van der Waals surface area contributed by atoms with Gasteiger partial charge in [0.15, 0.2) is 0 Å². The van der Waals surface area contributed by atoms with Crippen LogP contribution in [-0.4, -0.2) is 10.3 Å². The SMILES string of the molecule is Cc1ccc(-c2nc(CCCCCCBr)c(C)o2)cc1. The molecule has 0 fully saturated rings. The normalized spacial score (nSPS) is 10.9. The molecular formula is C17H22BrNO. The van der Waals surface area contributed by atoms with Crippen molar-refractivity contribution in [1.82, 2.24) is 4.98 Å². The highest BCUT2D eigenvalue weighted by Gasteiger charge is 2.10. The van der Waals surface area contributed by atoms with Crippen LogP contribution in [0.2, 0.25) is 0 Å². The molecule has 2 nitrogen and oxygen atoms in total. The number of hydrogen-bond donors (Lipinski definition) is 0. The van der Waals surface area contributed by atoms with Crippen LogP contribution in [0.5, 0.6) is 0 Å². The average molecular weight is 336 g/mol. The summed E-state index contributed by atoms with van der Waals surface area (Å²) < 4.78 is 5.80. The molecule has 20 heavy (non-hydrogen) atoms. The number of oxazole rings is 1.